The van der Waals surface area contributed by atoms with Crippen LogP contribution in [0.5, 0.6) is 5.75 Å². The molecular formula is C16H26N2O2. The molecular weight excluding hydrogens is 252 g/mol. The summed E-state index contributed by atoms with van der Waals surface area (Å²) in [6.07, 6.45) is 0. The van der Waals surface area contributed by atoms with Crippen LogP contribution in [0.1, 0.15) is 33.3 Å². The number of carbonyl (C=O) groups is 1. The van der Waals surface area contributed by atoms with Crippen LogP contribution in [-0.4, -0.2) is 24.6 Å². The average Bonchev–Trinajstić information content (AvgIpc) is 2.36. The summed E-state index contributed by atoms with van der Waals surface area (Å²) in [4.78, 5) is 12.0. The summed E-state index contributed by atoms with van der Waals surface area (Å²) < 4.78 is 5.63. The molecule has 1 amide bonds. The zero-order valence-electron chi connectivity index (χ0n) is 13.1. The molecule has 4 heteroatoms. The Morgan fingerprint density at radius 3 is 2.35 bits per heavy atom. The molecule has 2 unspecified atom stereocenters. The van der Waals surface area contributed by atoms with E-state index in [-0.39, 0.29) is 17.4 Å². The molecule has 0 saturated heterocycles. The SMILES string of the molecule is Cc1ccc(OCC(C)NC(=O)C(N)C(C)(C)C)cc1. The number of hydrogen-bond donors (Lipinski definition) is 2. The summed E-state index contributed by atoms with van der Waals surface area (Å²) in [5.41, 5.74) is 6.85. The van der Waals surface area contributed by atoms with E-state index in [0.717, 1.165) is 5.75 Å². The lowest BCUT2D eigenvalue weighted by atomic mass is 9.87. The van der Waals surface area contributed by atoms with Crippen molar-refractivity contribution in [3.8, 4) is 5.75 Å². The maximum atomic E-state index is 12.0. The average molecular weight is 278 g/mol. The molecule has 112 valence electrons. The van der Waals surface area contributed by atoms with Gasteiger partial charge in [0.25, 0.3) is 0 Å². The molecule has 1 rings (SSSR count). The number of nitrogens with two attached hydrogens (primary N) is 1. The second kappa shape index (κ2) is 6.75. The van der Waals surface area contributed by atoms with Crippen LogP contribution in [0.3, 0.4) is 0 Å². The smallest absolute Gasteiger partial charge is 0.237 e. The van der Waals surface area contributed by atoms with Gasteiger partial charge in [-0.15, -0.1) is 0 Å². The Hall–Kier alpha value is -1.55. The predicted molar refractivity (Wildman–Crippen MR) is 81.7 cm³/mol. The van der Waals surface area contributed by atoms with Gasteiger partial charge in [-0.3, -0.25) is 4.79 Å². The molecule has 0 aliphatic heterocycles. The fourth-order valence-corrected chi connectivity index (χ4v) is 1.62. The van der Waals surface area contributed by atoms with Crippen LogP contribution < -0.4 is 15.8 Å². The van der Waals surface area contributed by atoms with Gasteiger partial charge >= 0.3 is 0 Å². The molecule has 0 heterocycles. The summed E-state index contributed by atoms with van der Waals surface area (Å²) in [5, 5.41) is 2.88. The van der Waals surface area contributed by atoms with E-state index in [2.05, 4.69) is 5.32 Å². The predicted octanol–water partition coefficient (Wildman–Crippen LogP) is 2.25. The van der Waals surface area contributed by atoms with Gasteiger partial charge in [-0.05, 0) is 31.4 Å². The van der Waals surface area contributed by atoms with E-state index >= 15 is 0 Å². The third-order valence-electron chi connectivity index (χ3n) is 3.13. The summed E-state index contributed by atoms with van der Waals surface area (Å²) in [7, 11) is 0. The molecule has 1 aromatic rings. The first-order chi connectivity index (χ1) is 9.20. The topological polar surface area (TPSA) is 64.3 Å². The van der Waals surface area contributed by atoms with E-state index < -0.39 is 6.04 Å². The van der Waals surface area contributed by atoms with Crippen molar-refractivity contribution in [2.75, 3.05) is 6.61 Å². The molecule has 0 radical (unpaired) electrons. The number of hydrogen-bond acceptors (Lipinski definition) is 3. The number of nitrogens with one attached hydrogen (secondary N) is 1. The van der Waals surface area contributed by atoms with Crippen molar-refractivity contribution in [3.05, 3.63) is 29.8 Å². The van der Waals surface area contributed by atoms with Crippen LogP contribution in [0.2, 0.25) is 0 Å². The highest BCUT2D eigenvalue weighted by Gasteiger charge is 2.28. The summed E-state index contributed by atoms with van der Waals surface area (Å²) in [5.74, 6) is 0.661. The summed E-state index contributed by atoms with van der Waals surface area (Å²) >= 11 is 0. The van der Waals surface area contributed by atoms with Crippen molar-refractivity contribution < 1.29 is 9.53 Å². The van der Waals surface area contributed by atoms with E-state index in [0.29, 0.717) is 6.61 Å². The maximum absolute atomic E-state index is 12.0. The Bertz CT molecular complexity index is 435. The quantitative estimate of drug-likeness (QED) is 0.868. The van der Waals surface area contributed by atoms with Crippen LogP contribution in [-0.2, 0) is 4.79 Å². The minimum absolute atomic E-state index is 0.0859. The molecule has 1 aromatic carbocycles. The number of carbonyl (C=O) groups excluding carboxylic acids is 1. The van der Waals surface area contributed by atoms with Crippen LogP contribution in [0.4, 0.5) is 0 Å². The molecule has 2 atom stereocenters. The highest BCUT2D eigenvalue weighted by atomic mass is 16.5. The van der Waals surface area contributed by atoms with Crippen molar-refractivity contribution in [2.24, 2.45) is 11.1 Å². The van der Waals surface area contributed by atoms with Crippen LogP contribution in [0.25, 0.3) is 0 Å². The van der Waals surface area contributed by atoms with Crippen molar-refractivity contribution in [3.63, 3.8) is 0 Å². The Balaban J connectivity index is 2.42. The number of ether oxygens (including phenoxy) is 1. The minimum Gasteiger partial charge on any atom is -0.491 e. The van der Waals surface area contributed by atoms with Gasteiger partial charge in [0.1, 0.15) is 12.4 Å². The van der Waals surface area contributed by atoms with Crippen LogP contribution in [0, 0.1) is 12.3 Å². The lowest BCUT2D eigenvalue weighted by Gasteiger charge is -2.27. The summed E-state index contributed by atoms with van der Waals surface area (Å²) in [6, 6.07) is 7.22. The van der Waals surface area contributed by atoms with Gasteiger partial charge in [-0.2, -0.15) is 0 Å². The Kier molecular flexibility index (Phi) is 5.57. The fraction of sp³-hybridized carbons (Fsp3) is 0.562. The van der Waals surface area contributed by atoms with Gasteiger partial charge < -0.3 is 15.8 Å². The number of amides is 1. The highest BCUT2D eigenvalue weighted by molar-refractivity contribution is 5.82. The van der Waals surface area contributed by atoms with Crippen LogP contribution >= 0.6 is 0 Å². The minimum atomic E-state index is -0.524. The van der Waals surface area contributed by atoms with Gasteiger partial charge in [-0.25, -0.2) is 0 Å². The van der Waals surface area contributed by atoms with E-state index in [1.54, 1.807) is 0 Å². The molecule has 20 heavy (non-hydrogen) atoms. The van der Waals surface area contributed by atoms with Gasteiger partial charge in [0.05, 0.1) is 12.1 Å². The Morgan fingerprint density at radius 2 is 1.85 bits per heavy atom. The monoisotopic (exact) mass is 278 g/mol. The lowest BCUT2D eigenvalue weighted by molar-refractivity contribution is -0.125. The molecule has 0 spiro atoms. The number of benzene rings is 1. The molecule has 0 saturated carbocycles. The third kappa shape index (κ3) is 5.21. The molecule has 0 bridgehead atoms. The summed E-state index contributed by atoms with van der Waals surface area (Å²) in [6.45, 7) is 10.2. The van der Waals surface area contributed by atoms with E-state index in [1.165, 1.54) is 5.56 Å². The molecule has 3 N–H and O–H groups in total. The zero-order chi connectivity index (χ0) is 15.3. The van der Waals surface area contributed by atoms with E-state index in [9.17, 15) is 4.79 Å². The molecule has 0 aliphatic rings. The van der Waals surface area contributed by atoms with Crippen LogP contribution in [0.15, 0.2) is 24.3 Å². The van der Waals surface area contributed by atoms with Crippen molar-refractivity contribution in [2.45, 2.75) is 46.7 Å². The number of rotatable bonds is 5. The maximum Gasteiger partial charge on any atom is 0.237 e. The van der Waals surface area contributed by atoms with Gasteiger partial charge in [0.15, 0.2) is 0 Å². The zero-order valence-corrected chi connectivity index (χ0v) is 13.1. The molecule has 0 aromatic heterocycles. The third-order valence-corrected chi connectivity index (χ3v) is 3.13. The Labute approximate surface area is 121 Å². The molecule has 4 nitrogen and oxygen atoms in total. The van der Waals surface area contributed by atoms with Gasteiger partial charge in [0.2, 0.25) is 5.91 Å². The molecule has 0 aliphatic carbocycles. The van der Waals surface area contributed by atoms with Gasteiger partial charge in [0, 0.05) is 0 Å². The van der Waals surface area contributed by atoms with E-state index in [4.69, 9.17) is 10.5 Å². The van der Waals surface area contributed by atoms with Crippen molar-refractivity contribution in [1.82, 2.24) is 5.32 Å². The van der Waals surface area contributed by atoms with Crippen molar-refractivity contribution >= 4 is 5.91 Å². The second-order valence-corrected chi connectivity index (χ2v) is 6.38. The normalized spacial score (nSPS) is 14.5. The first-order valence-electron chi connectivity index (χ1n) is 6.95. The van der Waals surface area contributed by atoms with E-state index in [1.807, 2.05) is 58.9 Å². The first-order valence-corrected chi connectivity index (χ1v) is 6.95. The fourth-order valence-electron chi connectivity index (χ4n) is 1.62. The molecule has 0 fully saturated rings. The van der Waals surface area contributed by atoms with Crippen molar-refractivity contribution in [1.29, 1.82) is 0 Å². The Morgan fingerprint density at radius 1 is 1.30 bits per heavy atom. The standard InChI is InChI=1S/C16H26N2O2/c1-11-6-8-13(9-7-11)20-10-12(2)18-15(19)14(17)16(3,4)5/h6-9,12,14H,10,17H2,1-5H3,(H,18,19). The van der Waals surface area contributed by atoms with Gasteiger partial charge in [-0.1, -0.05) is 38.5 Å². The first kappa shape index (κ1) is 16.5. The number of aryl methyl sites for hydroxylation is 1. The highest BCUT2D eigenvalue weighted by Crippen LogP contribution is 2.17. The largest absolute Gasteiger partial charge is 0.491 e. The lowest BCUT2D eigenvalue weighted by Crippen LogP contribution is -2.51. The second-order valence-electron chi connectivity index (χ2n) is 6.38.